The van der Waals surface area contributed by atoms with Crippen LogP contribution in [0.3, 0.4) is 0 Å². The number of piperidine rings is 1. The van der Waals surface area contributed by atoms with Gasteiger partial charge in [0.05, 0.1) is 19.1 Å². The third kappa shape index (κ3) is 5.81. The first-order valence-corrected chi connectivity index (χ1v) is 11.6. The number of amides is 1. The Bertz CT molecular complexity index is 912. The number of likely N-dealkylation sites (tertiary alicyclic amines) is 1. The summed E-state index contributed by atoms with van der Waals surface area (Å²) >= 11 is 6.34. The van der Waals surface area contributed by atoms with E-state index in [0.29, 0.717) is 5.92 Å². The van der Waals surface area contributed by atoms with E-state index in [0.717, 1.165) is 59.9 Å². The summed E-state index contributed by atoms with van der Waals surface area (Å²) in [5.74, 6) is 1.41. The van der Waals surface area contributed by atoms with Crippen molar-refractivity contribution in [2.45, 2.75) is 59.0 Å². The normalized spacial score (nSPS) is 18.1. The van der Waals surface area contributed by atoms with Gasteiger partial charge >= 0.3 is 0 Å². The Morgan fingerprint density at radius 3 is 2.65 bits per heavy atom. The van der Waals surface area contributed by atoms with Crippen LogP contribution in [0.5, 0.6) is 5.75 Å². The average molecular weight is 443 g/mol. The molecule has 1 aliphatic heterocycles. The molecule has 1 N–H and O–H groups in total. The van der Waals surface area contributed by atoms with Gasteiger partial charge in [-0.3, -0.25) is 9.69 Å². The van der Waals surface area contributed by atoms with Crippen LogP contribution in [0, 0.1) is 12.8 Å². The maximum absolute atomic E-state index is 13.1. The summed E-state index contributed by atoms with van der Waals surface area (Å²) in [6, 6.07) is 12.2. The fourth-order valence-corrected chi connectivity index (χ4v) is 4.70. The van der Waals surface area contributed by atoms with Crippen molar-refractivity contribution in [2.24, 2.45) is 5.92 Å². The quantitative estimate of drug-likeness (QED) is 0.583. The first-order valence-electron chi connectivity index (χ1n) is 11.2. The second-order valence-electron chi connectivity index (χ2n) is 9.00. The lowest BCUT2D eigenvalue weighted by atomic mass is 9.92. The molecule has 4 nitrogen and oxygen atoms in total. The summed E-state index contributed by atoms with van der Waals surface area (Å²) in [4.78, 5) is 15.5. The Morgan fingerprint density at radius 1 is 1.23 bits per heavy atom. The predicted octanol–water partition coefficient (Wildman–Crippen LogP) is 5.87. The number of halogens is 1. The summed E-state index contributed by atoms with van der Waals surface area (Å²) in [5, 5.41) is 4.06. The van der Waals surface area contributed by atoms with Crippen molar-refractivity contribution in [2.75, 3.05) is 20.2 Å². The molecule has 0 radical (unpaired) electrons. The first-order chi connectivity index (χ1) is 14.8. The summed E-state index contributed by atoms with van der Waals surface area (Å²) in [5.41, 5.74) is 4.58. The lowest BCUT2D eigenvalue weighted by molar-refractivity contribution is -0.127. The van der Waals surface area contributed by atoms with Gasteiger partial charge in [0.1, 0.15) is 5.75 Å². The maximum atomic E-state index is 13.1. The number of ether oxygens (including phenoxy) is 1. The molecule has 168 valence electrons. The Kier molecular flexibility index (Phi) is 8.01. The topological polar surface area (TPSA) is 41.6 Å². The zero-order valence-corrected chi connectivity index (χ0v) is 20.1. The number of rotatable bonds is 7. The third-order valence-corrected chi connectivity index (χ3v) is 6.66. The van der Waals surface area contributed by atoms with E-state index in [4.69, 9.17) is 16.3 Å². The van der Waals surface area contributed by atoms with Gasteiger partial charge in [-0.2, -0.15) is 0 Å². The number of hydrogen-bond donors (Lipinski definition) is 1. The molecule has 31 heavy (non-hydrogen) atoms. The molecule has 2 atom stereocenters. The van der Waals surface area contributed by atoms with Crippen LogP contribution in [-0.4, -0.2) is 31.0 Å². The smallest absolute Gasteiger partial charge is 0.224 e. The Hall–Kier alpha value is -2.04. The van der Waals surface area contributed by atoms with Crippen molar-refractivity contribution >= 4 is 17.5 Å². The van der Waals surface area contributed by atoms with Gasteiger partial charge < -0.3 is 10.1 Å². The average Bonchev–Trinajstić information content (AvgIpc) is 2.75. The fourth-order valence-electron chi connectivity index (χ4n) is 4.50. The van der Waals surface area contributed by atoms with Gasteiger partial charge in [-0.25, -0.2) is 0 Å². The highest BCUT2D eigenvalue weighted by molar-refractivity contribution is 6.31. The second-order valence-corrected chi connectivity index (χ2v) is 9.41. The molecule has 1 saturated heterocycles. The van der Waals surface area contributed by atoms with Crippen LogP contribution in [-0.2, 0) is 11.3 Å². The minimum Gasteiger partial charge on any atom is -0.496 e. The van der Waals surface area contributed by atoms with E-state index in [1.165, 1.54) is 5.56 Å². The molecule has 0 unspecified atom stereocenters. The van der Waals surface area contributed by atoms with Crippen molar-refractivity contribution in [1.29, 1.82) is 0 Å². The molecule has 0 bridgehead atoms. The number of benzene rings is 2. The standard InChI is InChI=1S/C26H35ClN2O2/c1-17(2)22-14-23(18(3)13-25(22)31-5)19(4)28-26(30)21-10-8-12-29(16-21)15-20-9-6-7-11-24(20)27/h6-7,9,11,13-14,17,19,21H,8,10,12,15-16H2,1-5H3,(H,28,30)/t19-,21+/m0/s1. The van der Waals surface area contributed by atoms with E-state index in [2.05, 4.69) is 56.1 Å². The predicted molar refractivity (Wildman–Crippen MR) is 128 cm³/mol. The van der Waals surface area contributed by atoms with Crippen LogP contribution in [0.1, 0.15) is 67.8 Å². The monoisotopic (exact) mass is 442 g/mol. The Labute approximate surface area is 191 Å². The Morgan fingerprint density at radius 2 is 1.97 bits per heavy atom. The molecule has 5 heteroatoms. The van der Waals surface area contributed by atoms with Gasteiger partial charge in [-0.1, -0.05) is 43.6 Å². The van der Waals surface area contributed by atoms with Crippen LogP contribution >= 0.6 is 11.6 Å². The fraction of sp³-hybridized carbons (Fsp3) is 0.500. The molecule has 3 rings (SSSR count). The van der Waals surface area contributed by atoms with E-state index < -0.39 is 0 Å². The molecule has 0 spiro atoms. The molecule has 0 saturated carbocycles. The summed E-state index contributed by atoms with van der Waals surface area (Å²) in [6.45, 7) is 11.0. The van der Waals surface area contributed by atoms with Gasteiger partial charge in [0, 0.05) is 18.1 Å². The number of carbonyl (C=O) groups is 1. The van der Waals surface area contributed by atoms with Crippen LogP contribution in [0.2, 0.25) is 5.02 Å². The molecule has 1 aliphatic rings. The summed E-state index contributed by atoms with van der Waals surface area (Å²) in [6.07, 6.45) is 1.95. The summed E-state index contributed by atoms with van der Waals surface area (Å²) in [7, 11) is 1.71. The van der Waals surface area contributed by atoms with E-state index >= 15 is 0 Å². The van der Waals surface area contributed by atoms with Crippen molar-refractivity contribution in [3.05, 3.63) is 63.7 Å². The first kappa shape index (κ1) is 23.6. The third-order valence-electron chi connectivity index (χ3n) is 6.29. The van der Waals surface area contributed by atoms with Gasteiger partial charge in [0.25, 0.3) is 0 Å². The highest BCUT2D eigenvalue weighted by atomic mass is 35.5. The molecule has 2 aromatic rings. The van der Waals surface area contributed by atoms with E-state index in [-0.39, 0.29) is 17.9 Å². The maximum Gasteiger partial charge on any atom is 0.224 e. The molecule has 0 aromatic heterocycles. The zero-order chi connectivity index (χ0) is 22.5. The molecular weight excluding hydrogens is 408 g/mol. The van der Waals surface area contributed by atoms with Crippen molar-refractivity contribution < 1.29 is 9.53 Å². The lowest BCUT2D eigenvalue weighted by Crippen LogP contribution is -2.43. The summed E-state index contributed by atoms with van der Waals surface area (Å²) < 4.78 is 5.57. The highest BCUT2D eigenvalue weighted by Gasteiger charge is 2.27. The number of methoxy groups -OCH3 is 1. The second kappa shape index (κ2) is 10.5. The molecule has 0 aliphatic carbocycles. The molecule has 1 amide bonds. The molecule has 1 fully saturated rings. The van der Waals surface area contributed by atoms with E-state index in [9.17, 15) is 4.79 Å². The number of hydrogen-bond acceptors (Lipinski definition) is 3. The van der Waals surface area contributed by atoms with Gasteiger partial charge in [-0.05, 0) is 79.6 Å². The van der Waals surface area contributed by atoms with Crippen LogP contribution in [0.15, 0.2) is 36.4 Å². The van der Waals surface area contributed by atoms with Crippen molar-refractivity contribution in [1.82, 2.24) is 10.2 Å². The van der Waals surface area contributed by atoms with Gasteiger partial charge in [0.2, 0.25) is 5.91 Å². The number of carbonyl (C=O) groups excluding carboxylic acids is 1. The van der Waals surface area contributed by atoms with Crippen LogP contribution < -0.4 is 10.1 Å². The van der Waals surface area contributed by atoms with E-state index in [1.54, 1.807) is 7.11 Å². The van der Waals surface area contributed by atoms with Crippen LogP contribution in [0.4, 0.5) is 0 Å². The largest absolute Gasteiger partial charge is 0.496 e. The van der Waals surface area contributed by atoms with E-state index in [1.807, 2.05) is 18.2 Å². The zero-order valence-electron chi connectivity index (χ0n) is 19.4. The minimum atomic E-state index is -0.0464. The SMILES string of the molecule is COc1cc(C)c([C@H](C)NC(=O)[C@@H]2CCCN(Cc3ccccc3Cl)C2)cc1C(C)C. The molecule has 2 aromatic carbocycles. The van der Waals surface area contributed by atoms with Gasteiger partial charge in [0.15, 0.2) is 0 Å². The lowest BCUT2D eigenvalue weighted by Gasteiger charge is -2.33. The van der Waals surface area contributed by atoms with Gasteiger partial charge in [-0.15, -0.1) is 0 Å². The highest BCUT2D eigenvalue weighted by Crippen LogP contribution is 2.32. The van der Waals surface area contributed by atoms with Crippen molar-refractivity contribution in [3.63, 3.8) is 0 Å². The number of aryl methyl sites for hydroxylation is 1. The van der Waals surface area contributed by atoms with Crippen LogP contribution in [0.25, 0.3) is 0 Å². The molecule has 1 heterocycles. The Balaban J connectivity index is 1.67. The molecular formula is C26H35ClN2O2. The van der Waals surface area contributed by atoms with Crippen molar-refractivity contribution in [3.8, 4) is 5.75 Å². The number of nitrogens with one attached hydrogen (secondary N) is 1. The minimum absolute atomic E-state index is 0.00168. The number of nitrogens with zero attached hydrogens (tertiary/aromatic N) is 1.